The Bertz CT molecular complexity index is 112. The van der Waals surface area contributed by atoms with Crippen LogP contribution in [0.1, 0.15) is 27.2 Å². The third-order valence-electron chi connectivity index (χ3n) is 1.25. The van der Waals surface area contributed by atoms with Crippen molar-refractivity contribution in [2.45, 2.75) is 27.2 Å². The third kappa shape index (κ3) is 4.09. The summed E-state index contributed by atoms with van der Waals surface area (Å²) in [4.78, 5) is 0. The molecular formula is C9H15. The van der Waals surface area contributed by atoms with Gasteiger partial charge in [0, 0.05) is 5.41 Å². The van der Waals surface area contributed by atoms with E-state index in [1.165, 1.54) is 0 Å². The van der Waals surface area contributed by atoms with Crippen LogP contribution in [-0.4, -0.2) is 0 Å². The summed E-state index contributed by atoms with van der Waals surface area (Å²) >= 11 is 0. The minimum atomic E-state index is 0.0289. The molecule has 0 N–H and O–H groups in total. The van der Waals surface area contributed by atoms with Crippen molar-refractivity contribution in [2.75, 3.05) is 0 Å². The van der Waals surface area contributed by atoms with Crippen molar-refractivity contribution in [3.8, 4) is 12.3 Å². The van der Waals surface area contributed by atoms with E-state index in [-0.39, 0.29) is 5.41 Å². The van der Waals surface area contributed by atoms with Crippen molar-refractivity contribution in [1.82, 2.24) is 0 Å². The van der Waals surface area contributed by atoms with Crippen molar-refractivity contribution < 1.29 is 0 Å². The lowest BCUT2D eigenvalue weighted by Gasteiger charge is -2.18. The first-order chi connectivity index (χ1) is 3.98. The Labute approximate surface area is 58.7 Å². The Morgan fingerprint density at radius 2 is 2.11 bits per heavy atom. The maximum atomic E-state index is 5.28. The van der Waals surface area contributed by atoms with Gasteiger partial charge in [-0.2, -0.15) is 0 Å². The first-order valence-electron chi connectivity index (χ1n) is 3.29. The van der Waals surface area contributed by atoms with Crippen LogP contribution in [-0.2, 0) is 0 Å². The summed E-state index contributed by atoms with van der Waals surface area (Å²) in [6.07, 6.45) is 6.28. The molecule has 0 aromatic carbocycles. The predicted molar refractivity (Wildman–Crippen MR) is 41.8 cm³/mol. The van der Waals surface area contributed by atoms with Gasteiger partial charge in [0.1, 0.15) is 0 Å². The van der Waals surface area contributed by atoms with Crippen molar-refractivity contribution in [3.05, 3.63) is 6.92 Å². The van der Waals surface area contributed by atoms with Gasteiger partial charge < -0.3 is 0 Å². The number of terminal acetylenes is 1. The molecule has 1 unspecified atom stereocenters. The van der Waals surface area contributed by atoms with Gasteiger partial charge in [-0.05, 0) is 26.2 Å². The zero-order valence-corrected chi connectivity index (χ0v) is 6.57. The van der Waals surface area contributed by atoms with E-state index in [1.807, 2.05) is 0 Å². The lowest BCUT2D eigenvalue weighted by atomic mass is 9.85. The summed E-state index contributed by atoms with van der Waals surface area (Å²) in [5.41, 5.74) is 0.0289. The molecule has 0 spiro atoms. The number of hydrogen-bond donors (Lipinski definition) is 0. The highest BCUT2D eigenvalue weighted by atomic mass is 14.2. The highest BCUT2D eigenvalue weighted by Gasteiger charge is 2.14. The van der Waals surface area contributed by atoms with Gasteiger partial charge in [0.25, 0.3) is 0 Å². The molecule has 51 valence electrons. The maximum Gasteiger partial charge on any atom is 0.0258 e. The summed E-state index contributed by atoms with van der Waals surface area (Å²) in [6, 6.07) is 0. The van der Waals surface area contributed by atoms with Crippen molar-refractivity contribution >= 4 is 0 Å². The fraction of sp³-hybridized carbons (Fsp3) is 0.667. The van der Waals surface area contributed by atoms with Crippen molar-refractivity contribution in [3.63, 3.8) is 0 Å². The monoisotopic (exact) mass is 123 g/mol. The van der Waals surface area contributed by atoms with Crippen LogP contribution in [0, 0.1) is 30.6 Å². The second-order valence-corrected chi connectivity index (χ2v) is 3.34. The van der Waals surface area contributed by atoms with Gasteiger partial charge in [-0.1, -0.05) is 13.8 Å². The van der Waals surface area contributed by atoms with Crippen molar-refractivity contribution in [2.24, 2.45) is 11.3 Å². The van der Waals surface area contributed by atoms with Crippen LogP contribution in [0.5, 0.6) is 0 Å². The molecule has 9 heavy (non-hydrogen) atoms. The van der Waals surface area contributed by atoms with Gasteiger partial charge in [-0.25, -0.2) is 0 Å². The Hall–Kier alpha value is -0.440. The van der Waals surface area contributed by atoms with E-state index in [4.69, 9.17) is 6.42 Å². The largest absolute Gasteiger partial charge is 0.120 e. The van der Waals surface area contributed by atoms with Crippen LogP contribution in [0.4, 0.5) is 0 Å². The standard InChI is InChI=1S/C9H15/c1-6-9(4,5)7-8(2)3/h1,8H,2,7H2,3-5H3. The number of rotatable bonds is 2. The second-order valence-electron chi connectivity index (χ2n) is 3.34. The molecule has 0 heterocycles. The van der Waals surface area contributed by atoms with E-state index >= 15 is 0 Å². The molecule has 0 rings (SSSR count). The highest BCUT2D eigenvalue weighted by Crippen LogP contribution is 2.23. The summed E-state index contributed by atoms with van der Waals surface area (Å²) in [5.74, 6) is 3.19. The predicted octanol–water partition coefficient (Wildman–Crippen LogP) is 2.51. The molecule has 0 heteroatoms. The van der Waals surface area contributed by atoms with Crippen LogP contribution in [0.2, 0.25) is 0 Å². The van der Waals surface area contributed by atoms with E-state index in [1.54, 1.807) is 0 Å². The lowest BCUT2D eigenvalue weighted by Crippen LogP contribution is -2.10. The van der Waals surface area contributed by atoms with E-state index in [2.05, 4.69) is 33.6 Å². The van der Waals surface area contributed by atoms with Crippen LogP contribution in [0.3, 0.4) is 0 Å². The van der Waals surface area contributed by atoms with Gasteiger partial charge in [0.05, 0.1) is 0 Å². The maximum absolute atomic E-state index is 5.28. The summed E-state index contributed by atoms with van der Waals surface area (Å²) in [7, 11) is 0. The molecule has 0 aromatic rings. The quantitative estimate of drug-likeness (QED) is 0.495. The minimum Gasteiger partial charge on any atom is -0.120 e. The molecule has 0 aliphatic heterocycles. The molecular weight excluding hydrogens is 108 g/mol. The second kappa shape index (κ2) is 2.92. The summed E-state index contributed by atoms with van der Waals surface area (Å²) in [6.45, 7) is 10.1. The van der Waals surface area contributed by atoms with Crippen LogP contribution in [0.15, 0.2) is 0 Å². The zero-order chi connectivity index (χ0) is 7.49. The van der Waals surface area contributed by atoms with Crippen LogP contribution in [0.25, 0.3) is 0 Å². The van der Waals surface area contributed by atoms with Gasteiger partial charge in [-0.15, -0.1) is 12.3 Å². The summed E-state index contributed by atoms with van der Waals surface area (Å²) in [5, 5.41) is 0. The molecule has 0 bridgehead atoms. The topological polar surface area (TPSA) is 0 Å². The average molecular weight is 123 g/mol. The highest BCUT2D eigenvalue weighted by molar-refractivity contribution is 5.00. The average Bonchev–Trinajstić information content (AvgIpc) is 1.63. The Morgan fingerprint density at radius 3 is 2.22 bits per heavy atom. The van der Waals surface area contributed by atoms with E-state index < -0.39 is 0 Å². The zero-order valence-electron chi connectivity index (χ0n) is 6.57. The summed E-state index contributed by atoms with van der Waals surface area (Å²) < 4.78 is 0. The van der Waals surface area contributed by atoms with Gasteiger partial charge in [0.2, 0.25) is 0 Å². The first kappa shape index (κ1) is 8.56. The molecule has 1 radical (unpaired) electrons. The Balaban J connectivity index is 3.76. The Morgan fingerprint density at radius 1 is 1.67 bits per heavy atom. The van der Waals surface area contributed by atoms with E-state index in [0.29, 0.717) is 5.92 Å². The molecule has 1 atom stereocenters. The minimum absolute atomic E-state index is 0.0289. The van der Waals surface area contributed by atoms with Crippen LogP contribution < -0.4 is 0 Å². The van der Waals surface area contributed by atoms with E-state index in [0.717, 1.165) is 6.42 Å². The van der Waals surface area contributed by atoms with Gasteiger partial charge in [0.15, 0.2) is 0 Å². The molecule has 0 nitrogen and oxygen atoms in total. The fourth-order valence-electron chi connectivity index (χ4n) is 0.930. The SMILES string of the molecule is C#CC(C)(C)CC([CH2])C. The molecule has 0 aliphatic carbocycles. The molecule has 0 aliphatic rings. The normalized spacial score (nSPS) is 11.6. The molecule has 0 amide bonds. The third-order valence-corrected chi connectivity index (χ3v) is 1.25. The number of hydrogen-bond acceptors (Lipinski definition) is 0. The molecule has 0 saturated carbocycles. The molecule has 0 saturated heterocycles. The molecule has 0 aromatic heterocycles. The lowest BCUT2D eigenvalue weighted by molar-refractivity contribution is 0.402. The Kier molecular flexibility index (Phi) is 2.77. The molecule has 0 fully saturated rings. The van der Waals surface area contributed by atoms with Crippen molar-refractivity contribution in [1.29, 1.82) is 0 Å². The smallest absolute Gasteiger partial charge is 0.0258 e. The van der Waals surface area contributed by atoms with E-state index in [9.17, 15) is 0 Å². The van der Waals surface area contributed by atoms with Gasteiger partial charge in [-0.3, -0.25) is 0 Å². The fourth-order valence-corrected chi connectivity index (χ4v) is 0.930. The van der Waals surface area contributed by atoms with Crippen LogP contribution >= 0.6 is 0 Å². The first-order valence-corrected chi connectivity index (χ1v) is 3.29. The van der Waals surface area contributed by atoms with Gasteiger partial charge >= 0.3 is 0 Å².